The first-order valence-corrected chi connectivity index (χ1v) is 10.1. The highest BCUT2D eigenvalue weighted by atomic mass is 127. The summed E-state index contributed by atoms with van der Waals surface area (Å²) < 4.78 is 7.68. The number of benzene rings is 1. The molecule has 0 aliphatic carbocycles. The monoisotopic (exact) mass is 522 g/mol. The van der Waals surface area contributed by atoms with E-state index in [-0.39, 0.29) is 6.04 Å². The molecule has 1 aromatic carbocycles. The number of ether oxygens (including phenoxy) is 1. The van der Waals surface area contributed by atoms with Crippen LogP contribution in [0.2, 0.25) is 5.02 Å². The number of hydrogen-bond acceptors (Lipinski definition) is 8. The minimum absolute atomic E-state index is 0.170. The van der Waals surface area contributed by atoms with E-state index in [2.05, 4.69) is 52.8 Å². The summed E-state index contributed by atoms with van der Waals surface area (Å²) in [5.41, 5.74) is 0.849. The zero-order valence-corrected chi connectivity index (χ0v) is 18.7. The van der Waals surface area contributed by atoms with E-state index >= 15 is 0 Å². The highest BCUT2D eigenvalue weighted by Gasteiger charge is 2.23. The quantitative estimate of drug-likeness (QED) is 0.368. The number of halogens is 2. The number of anilines is 1. The van der Waals surface area contributed by atoms with E-state index in [1.54, 1.807) is 30.3 Å². The topological polar surface area (TPSA) is 94.7 Å². The molecule has 3 aromatic heterocycles. The summed E-state index contributed by atoms with van der Waals surface area (Å²) in [6, 6.07) is 7.08. The lowest BCUT2D eigenvalue weighted by Gasteiger charge is -2.26. The number of fused-ring (bicyclic) bond motifs is 1. The first-order chi connectivity index (χ1) is 14.0. The molecule has 0 aliphatic heterocycles. The van der Waals surface area contributed by atoms with E-state index in [0.717, 1.165) is 20.3 Å². The Labute approximate surface area is 185 Å². The Morgan fingerprint density at radius 2 is 1.97 bits per heavy atom. The van der Waals surface area contributed by atoms with Crippen LogP contribution in [0.3, 0.4) is 0 Å². The molecule has 0 amide bonds. The molecule has 0 radical (unpaired) electrons. The van der Waals surface area contributed by atoms with Crippen LogP contribution in [-0.2, 0) is 0 Å². The van der Waals surface area contributed by atoms with E-state index in [0.29, 0.717) is 22.5 Å². The molecule has 0 fully saturated rings. The number of nitrogens with zero attached hydrogens (tertiary/aromatic N) is 8. The first-order valence-electron chi connectivity index (χ1n) is 8.60. The highest BCUT2D eigenvalue weighted by molar-refractivity contribution is 14.1. The number of aromatic nitrogens is 7. The Bertz CT molecular complexity index is 1170. The maximum Gasteiger partial charge on any atom is 0.233 e. The molecule has 11 heteroatoms. The van der Waals surface area contributed by atoms with Gasteiger partial charge in [0.05, 0.1) is 18.7 Å². The molecule has 0 bridgehead atoms. The first kappa shape index (κ1) is 19.7. The van der Waals surface area contributed by atoms with Crippen molar-refractivity contribution in [3.8, 4) is 11.7 Å². The Hall–Kier alpha value is -2.60. The van der Waals surface area contributed by atoms with Crippen molar-refractivity contribution in [1.29, 1.82) is 0 Å². The van der Waals surface area contributed by atoms with Crippen LogP contribution in [0.4, 0.5) is 5.82 Å². The minimum Gasteiger partial charge on any atom is -0.480 e. The normalized spacial score (nSPS) is 12.2. The van der Waals surface area contributed by atoms with E-state index in [1.807, 2.05) is 31.0 Å². The van der Waals surface area contributed by atoms with Gasteiger partial charge >= 0.3 is 0 Å². The molecule has 1 atom stereocenters. The fourth-order valence-electron chi connectivity index (χ4n) is 2.96. The second kappa shape index (κ2) is 8.03. The van der Waals surface area contributed by atoms with E-state index in [1.165, 1.54) is 6.33 Å². The van der Waals surface area contributed by atoms with Gasteiger partial charge in [-0.05, 0) is 47.7 Å². The minimum atomic E-state index is -0.170. The number of methoxy groups -OCH3 is 1. The standard InChI is InChI=1S/C18H16ClIN8O/c1-10(17-23-9-24-28(17)14-4-5-15(29-3)26-25-14)27(2)18-12-6-11(19)7-13(20)16(12)21-8-22-18/h4-10H,1-3H3/t10-/m0/s1. The second-order valence-electron chi connectivity index (χ2n) is 6.23. The second-order valence-corrected chi connectivity index (χ2v) is 7.83. The third-order valence-corrected chi connectivity index (χ3v) is 5.59. The van der Waals surface area contributed by atoms with Crippen molar-refractivity contribution in [2.45, 2.75) is 13.0 Å². The number of rotatable bonds is 5. The zero-order chi connectivity index (χ0) is 20.5. The van der Waals surface area contributed by atoms with Crippen molar-refractivity contribution >= 4 is 50.9 Å². The van der Waals surface area contributed by atoms with Crippen LogP contribution < -0.4 is 9.64 Å². The average molecular weight is 523 g/mol. The lowest BCUT2D eigenvalue weighted by Crippen LogP contribution is -2.26. The van der Waals surface area contributed by atoms with E-state index < -0.39 is 0 Å². The average Bonchev–Trinajstić information content (AvgIpc) is 3.22. The van der Waals surface area contributed by atoms with Gasteiger partial charge in [-0.1, -0.05) is 11.6 Å². The SMILES string of the molecule is COc1ccc(-n2ncnc2[C@H](C)N(C)c2ncnc3c(I)cc(Cl)cc23)nn1. The zero-order valence-electron chi connectivity index (χ0n) is 15.8. The molecule has 148 valence electrons. The molecular weight excluding hydrogens is 507 g/mol. The molecule has 0 saturated carbocycles. The summed E-state index contributed by atoms with van der Waals surface area (Å²) in [6.45, 7) is 2.01. The van der Waals surface area contributed by atoms with Crippen molar-refractivity contribution in [2.75, 3.05) is 19.1 Å². The molecule has 0 aliphatic rings. The van der Waals surface area contributed by atoms with Crippen molar-refractivity contribution in [3.05, 3.63) is 51.3 Å². The van der Waals surface area contributed by atoms with Crippen LogP contribution in [0.1, 0.15) is 18.8 Å². The molecule has 0 N–H and O–H groups in total. The van der Waals surface area contributed by atoms with Crippen molar-refractivity contribution in [2.24, 2.45) is 0 Å². The van der Waals surface area contributed by atoms with Gasteiger partial charge in [-0.3, -0.25) is 0 Å². The van der Waals surface area contributed by atoms with Gasteiger partial charge < -0.3 is 9.64 Å². The predicted molar refractivity (Wildman–Crippen MR) is 118 cm³/mol. The van der Waals surface area contributed by atoms with E-state index in [9.17, 15) is 0 Å². The number of hydrogen-bond donors (Lipinski definition) is 0. The Morgan fingerprint density at radius 3 is 2.69 bits per heavy atom. The molecule has 0 unspecified atom stereocenters. The molecule has 29 heavy (non-hydrogen) atoms. The summed E-state index contributed by atoms with van der Waals surface area (Å²) in [6.07, 6.45) is 3.04. The van der Waals surface area contributed by atoms with Gasteiger partial charge in [0.1, 0.15) is 18.5 Å². The largest absolute Gasteiger partial charge is 0.480 e. The predicted octanol–water partition coefficient (Wildman–Crippen LogP) is 3.46. The lowest BCUT2D eigenvalue weighted by atomic mass is 10.2. The molecule has 0 spiro atoms. The fourth-order valence-corrected chi connectivity index (χ4v) is 4.13. The summed E-state index contributed by atoms with van der Waals surface area (Å²) in [5, 5.41) is 14.0. The van der Waals surface area contributed by atoms with Crippen molar-refractivity contribution < 1.29 is 4.74 Å². The van der Waals surface area contributed by atoms with Gasteiger partial charge in [-0.2, -0.15) is 9.78 Å². The van der Waals surface area contributed by atoms with Crippen molar-refractivity contribution in [1.82, 2.24) is 34.9 Å². The van der Waals surface area contributed by atoms with Gasteiger partial charge in [0.15, 0.2) is 11.6 Å². The van der Waals surface area contributed by atoms with Gasteiger partial charge in [0, 0.05) is 27.1 Å². The van der Waals surface area contributed by atoms with Crippen LogP contribution >= 0.6 is 34.2 Å². The Balaban J connectivity index is 1.74. The smallest absolute Gasteiger partial charge is 0.233 e. The molecule has 9 nitrogen and oxygen atoms in total. The molecule has 0 saturated heterocycles. The van der Waals surface area contributed by atoms with Crippen LogP contribution in [-0.4, -0.2) is 49.1 Å². The highest BCUT2D eigenvalue weighted by Crippen LogP contribution is 2.32. The van der Waals surface area contributed by atoms with Crippen molar-refractivity contribution in [3.63, 3.8) is 0 Å². The van der Waals surface area contributed by atoms with Gasteiger partial charge in [0.25, 0.3) is 0 Å². The third-order valence-electron chi connectivity index (χ3n) is 4.55. The van der Waals surface area contributed by atoms with Gasteiger partial charge in [-0.15, -0.1) is 10.2 Å². The molecular formula is C18H16ClIN8O. The molecule has 4 aromatic rings. The van der Waals surface area contributed by atoms with Gasteiger partial charge in [-0.25, -0.2) is 15.0 Å². The Kier molecular flexibility index (Phi) is 5.46. The van der Waals surface area contributed by atoms with Crippen LogP contribution in [0.25, 0.3) is 16.7 Å². The summed E-state index contributed by atoms with van der Waals surface area (Å²) >= 11 is 8.50. The van der Waals surface area contributed by atoms with Crippen LogP contribution in [0.15, 0.2) is 36.9 Å². The molecule has 3 heterocycles. The van der Waals surface area contributed by atoms with Crippen LogP contribution in [0.5, 0.6) is 5.88 Å². The van der Waals surface area contributed by atoms with Gasteiger partial charge in [0.2, 0.25) is 5.88 Å². The fraction of sp³-hybridized carbons (Fsp3) is 0.222. The Morgan fingerprint density at radius 1 is 1.14 bits per heavy atom. The third kappa shape index (κ3) is 3.69. The summed E-state index contributed by atoms with van der Waals surface area (Å²) in [5.74, 6) is 2.41. The maximum atomic E-state index is 6.28. The maximum absolute atomic E-state index is 6.28. The van der Waals surface area contributed by atoms with Crippen LogP contribution in [0, 0.1) is 3.57 Å². The molecule has 4 rings (SSSR count). The summed E-state index contributed by atoms with van der Waals surface area (Å²) in [7, 11) is 3.49. The lowest BCUT2D eigenvalue weighted by molar-refractivity contribution is 0.391. The summed E-state index contributed by atoms with van der Waals surface area (Å²) in [4.78, 5) is 15.3. The van der Waals surface area contributed by atoms with E-state index in [4.69, 9.17) is 16.3 Å².